The summed E-state index contributed by atoms with van der Waals surface area (Å²) >= 11 is 1.44. The van der Waals surface area contributed by atoms with Gasteiger partial charge < -0.3 is 14.5 Å². The molecule has 6 nitrogen and oxygen atoms in total. The van der Waals surface area contributed by atoms with Crippen LogP contribution in [0.5, 0.6) is 0 Å². The number of benzene rings is 1. The van der Waals surface area contributed by atoms with E-state index in [0.717, 1.165) is 57.4 Å². The van der Waals surface area contributed by atoms with Crippen molar-refractivity contribution in [3.8, 4) is 6.07 Å². The number of hydrogen-bond donors (Lipinski definition) is 1. The van der Waals surface area contributed by atoms with Gasteiger partial charge in [-0.1, -0.05) is 12.1 Å². The highest BCUT2D eigenvalue weighted by Crippen LogP contribution is 2.38. The van der Waals surface area contributed by atoms with E-state index in [1.54, 1.807) is 6.26 Å². The average molecular weight is 408 g/mol. The highest BCUT2D eigenvalue weighted by molar-refractivity contribution is 7.16. The number of nitrogens with one attached hydrogen (secondary N) is 1. The van der Waals surface area contributed by atoms with Crippen LogP contribution in [0.4, 0.5) is 5.00 Å². The van der Waals surface area contributed by atoms with Crippen LogP contribution in [0.15, 0.2) is 22.8 Å². The summed E-state index contributed by atoms with van der Waals surface area (Å²) in [5, 5.41) is 13.5. The Morgan fingerprint density at radius 3 is 2.93 bits per heavy atom. The molecule has 1 aliphatic carbocycles. The maximum absolute atomic E-state index is 12.2. The summed E-state index contributed by atoms with van der Waals surface area (Å²) in [4.78, 5) is 25.6. The first-order valence-electron chi connectivity index (χ1n) is 9.44. The van der Waals surface area contributed by atoms with Crippen molar-refractivity contribution in [2.24, 2.45) is 0 Å². The molecule has 0 saturated carbocycles. The van der Waals surface area contributed by atoms with Gasteiger partial charge in [0.25, 0.3) is 5.91 Å². The van der Waals surface area contributed by atoms with E-state index in [9.17, 15) is 14.9 Å². The minimum Gasteiger partial charge on any atom is -0.464 e. The Labute approximate surface area is 172 Å². The third-order valence-corrected chi connectivity index (χ3v) is 6.53. The molecule has 7 heteroatoms. The predicted molar refractivity (Wildman–Crippen MR) is 110 cm³/mol. The Morgan fingerprint density at radius 2 is 2.14 bits per heavy atom. The van der Waals surface area contributed by atoms with Gasteiger partial charge in [0.15, 0.2) is 6.61 Å². The van der Waals surface area contributed by atoms with Gasteiger partial charge in [0, 0.05) is 15.8 Å². The lowest BCUT2D eigenvalue weighted by Gasteiger charge is -2.06. The minimum atomic E-state index is -0.504. The number of hydrogen-bond acceptors (Lipinski definition) is 6. The first kappa shape index (κ1) is 19.2. The quantitative estimate of drug-likeness (QED) is 0.639. The van der Waals surface area contributed by atoms with E-state index in [1.165, 1.54) is 11.3 Å². The Hall–Kier alpha value is -3.11. The van der Waals surface area contributed by atoms with Crippen LogP contribution in [0, 0.1) is 25.2 Å². The number of esters is 1. The van der Waals surface area contributed by atoms with Gasteiger partial charge in [-0.15, -0.1) is 11.3 Å². The molecule has 0 radical (unpaired) electrons. The molecule has 3 aromatic rings. The summed E-state index contributed by atoms with van der Waals surface area (Å²) in [6, 6.07) is 6.09. The molecule has 0 saturated heterocycles. The van der Waals surface area contributed by atoms with Crippen LogP contribution in [0.1, 0.15) is 39.1 Å². The molecule has 2 aromatic heterocycles. The molecule has 1 N–H and O–H groups in total. The van der Waals surface area contributed by atoms with Crippen molar-refractivity contribution in [3.05, 3.63) is 51.1 Å². The number of aryl methyl sites for hydroxylation is 3. The van der Waals surface area contributed by atoms with Crippen LogP contribution in [-0.4, -0.2) is 18.5 Å². The second kappa shape index (κ2) is 7.72. The molecule has 0 fully saturated rings. The van der Waals surface area contributed by atoms with Crippen LogP contribution in [-0.2, 0) is 33.6 Å². The van der Waals surface area contributed by atoms with Gasteiger partial charge in [-0.3, -0.25) is 9.59 Å². The minimum absolute atomic E-state index is 0.0273. The summed E-state index contributed by atoms with van der Waals surface area (Å²) in [5.41, 5.74) is 5.24. The van der Waals surface area contributed by atoms with E-state index < -0.39 is 11.9 Å². The number of furan rings is 1. The van der Waals surface area contributed by atoms with E-state index in [0.29, 0.717) is 10.6 Å². The smallest absolute Gasteiger partial charge is 0.310 e. The van der Waals surface area contributed by atoms with Crippen molar-refractivity contribution >= 4 is 39.2 Å². The van der Waals surface area contributed by atoms with Crippen molar-refractivity contribution in [3.63, 3.8) is 0 Å². The summed E-state index contributed by atoms with van der Waals surface area (Å²) < 4.78 is 10.7. The van der Waals surface area contributed by atoms with E-state index in [4.69, 9.17) is 9.15 Å². The fraction of sp³-hybridized carbons (Fsp3) is 0.318. The van der Waals surface area contributed by atoms with Crippen LogP contribution in [0.2, 0.25) is 0 Å². The first-order chi connectivity index (χ1) is 14.0. The molecule has 0 atom stereocenters. The molecule has 1 aliphatic rings. The van der Waals surface area contributed by atoms with Crippen LogP contribution >= 0.6 is 11.3 Å². The van der Waals surface area contributed by atoms with Gasteiger partial charge in [0.05, 0.1) is 18.2 Å². The fourth-order valence-corrected chi connectivity index (χ4v) is 4.91. The molecule has 0 aliphatic heterocycles. The fourth-order valence-electron chi connectivity index (χ4n) is 3.65. The number of nitrogens with zero attached hydrogens (tertiary/aromatic N) is 1. The zero-order valence-electron chi connectivity index (χ0n) is 16.3. The van der Waals surface area contributed by atoms with Gasteiger partial charge in [-0.2, -0.15) is 5.26 Å². The average Bonchev–Trinajstić information content (AvgIpc) is 3.38. The maximum atomic E-state index is 12.2. The molecule has 0 bridgehead atoms. The summed E-state index contributed by atoms with van der Waals surface area (Å²) in [6.07, 6.45) is 4.45. The summed E-state index contributed by atoms with van der Waals surface area (Å²) in [7, 11) is 0. The molecule has 4 rings (SSSR count). The number of rotatable bonds is 5. The highest BCUT2D eigenvalue weighted by atomic mass is 32.1. The van der Waals surface area contributed by atoms with Gasteiger partial charge >= 0.3 is 5.97 Å². The van der Waals surface area contributed by atoms with Crippen molar-refractivity contribution in [2.75, 3.05) is 11.9 Å². The normalized spacial score (nSPS) is 12.6. The lowest BCUT2D eigenvalue weighted by atomic mass is 10.0. The van der Waals surface area contributed by atoms with Crippen LogP contribution in [0.3, 0.4) is 0 Å². The third kappa shape index (κ3) is 3.64. The lowest BCUT2D eigenvalue weighted by Crippen LogP contribution is -2.21. The third-order valence-electron chi connectivity index (χ3n) is 5.33. The molecule has 2 heterocycles. The predicted octanol–water partition coefficient (Wildman–Crippen LogP) is 4.20. The van der Waals surface area contributed by atoms with Gasteiger partial charge in [-0.05, 0) is 49.8 Å². The molecular weight excluding hydrogens is 388 g/mol. The number of amides is 1. The molecule has 1 aromatic carbocycles. The van der Waals surface area contributed by atoms with Gasteiger partial charge in [0.1, 0.15) is 16.7 Å². The lowest BCUT2D eigenvalue weighted by molar-refractivity contribution is -0.146. The molecule has 148 valence electrons. The number of fused-ring (bicyclic) bond motifs is 2. The summed E-state index contributed by atoms with van der Waals surface area (Å²) in [6.45, 7) is 3.59. The van der Waals surface area contributed by atoms with Crippen LogP contribution < -0.4 is 5.32 Å². The topological polar surface area (TPSA) is 92.3 Å². The standard InChI is InChI=1S/C22H20N2O4S/c1-12-6-7-15-14(10-28-21(15)13(12)2)8-20(26)27-11-19(25)24-22-17(9-23)16-4-3-5-18(16)29-22/h6-7,10H,3-5,8,11H2,1-2H3,(H,24,25). The number of carbonyl (C=O) groups is 2. The van der Waals surface area contributed by atoms with Crippen LogP contribution in [0.25, 0.3) is 11.0 Å². The molecule has 0 spiro atoms. The van der Waals surface area contributed by atoms with Crippen molar-refractivity contribution < 1.29 is 18.7 Å². The van der Waals surface area contributed by atoms with E-state index in [2.05, 4.69) is 11.4 Å². The van der Waals surface area contributed by atoms with E-state index >= 15 is 0 Å². The zero-order valence-corrected chi connectivity index (χ0v) is 17.1. The number of thiophene rings is 1. The number of ether oxygens (including phenoxy) is 1. The number of carbonyl (C=O) groups excluding carboxylic acids is 2. The van der Waals surface area contributed by atoms with Crippen molar-refractivity contribution in [2.45, 2.75) is 39.5 Å². The zero-order chi connectivity index (χ0) is 20.5. The Bertz CT molecular complexity index is 1170. The monoisotopic (exact) mass is 408 g/mol. The Morgan fingerprint density at radius 1 is 1.31 bits per heavy atom. The first-order valence-corrected chi connectivity index (χ1v) is 10.3. The molecule has 29 heavy (non-hydrogen) atoms. The molecular formula is C22H20N2O4S. The van der Waals surface area contributed by atoms with Gasteiger partial charge in [-0.25, -0.2) is 0 Å². The van der Waals surface area contributed by atoms with Gasteiger partial charge in [0.2, 0.25) is 0 Å². The van der Waals surface area contributed by atoms with Crippen molar-refractivity contribution in [1.29, 1.82) is 5.26 Å². The van der Waals surface area contributed by atoms with E-state index in [-0.39, 0.29) is 13.0 Å². The molecule has 0 unspecified atom stereocenters. The SMILES string of the molecule is Cc1ccc2c(CC(=O)OCC(=O)Nc3sc4c(c3C#N)CCC4)coc2c1C. The second-order valence-corrected chi connectivity index (χ2v) is 8.31. The highest BCUT2D eigenvalue weighted by Gasteiger charge is 2.23. The Balaban J connectivity index is 1.36. The van der Waals surface area contributed by atoms with E-state index in [1.807, 2.05) is 26.0 Å². The summed E-state index contributed by atoms with van der Waals surface area (Å²) in [5.74, 6) is -0.950. The number of anilines is 1. The second-order valence-electron chi connectivity index (χ2n) is 7.20. The molecule has 1 amide bonds. The number of nitriles is 1. The van der Waals surface area contributed by atoms with Crippen molar-refractivity contribution in [1.82, 2.24) is 0 Å². The Kier molecular flexibility index (Phi) is 5.12. The largest absolute Gasteiger partial charge is 0.464 e. The maximum Gasteiger partial charge on any atom is 0.310 e.